The highest BCUT2D eigenvalue weighted by molar-refractivity contribution is 5.99. The Balaban J connectivity index is 1.99. The standard InChI is InChI=1S/C18H18N2O4/c1-11-7-8-15(10-19-11)18(23)24-13(3)17(22)20-16-6-4-5-14(9-16)12(2)21/h4-10,13H,1-3H3,(H,20,22). The lowest BCUT2D eigenvalue weighted by Crippen LogP contribution is -2.30. The Bertz CT molecular complexity index is 769. The maximum atomic E-state index is 12.1. The first-order valence-corrected chi connectivity index (χ1v) is 7.42. The fraction of sp³-hybridized carbons (Fsp3) is 0.222. The predicted molar refractivity (Wildman–Crippen MR) is 88.9 cm³/mol. The molecule has 6 heteroatoms. The maximum Gasteiger partial charge on any atom is 0.340 e. The highest BCUT2D eigenvalue weighted by atomic mass is 16.5. The second kappa shape index (κ2) is 7.50. The molecular formula is C18H18N2O4. The summed E-state index contributed by atoms with van der Waals surface area (Å²) in [6, 6.07) is 9.83. The quantitative estimate of drug-likeness (QED) is 0.674. The number of ether oxygens (including phenoxy) is 1. The molecule has 0 saturated carbocycles. The van der Waals surface area contributed by atoms with Gasteiger partial charge in [-0.3, -0.25) is 14.6 Å². The highest BCUT2D eigenvalue weighted by Crippen LogP contribution is 2.12. The molecule has 2 rings (SSSR count). The number of hydrogen-bond donors (Lipinski definition) is 1. The number of Topliss-reactive ketones (excluding diaryl/α,β-unsaturated/α-hetero) is 1. The van der Waals surface area contributed by atoms with Crippen molar-refractivity contribution in [1.29, 1.82) is 0 Å². The van der Waals surface area contributed by atoms with Gasteiger partial charge in [-0.1, -0.05) is 12.1 Å². The van der Waals surface area contributed by atoms with Gasteiger partial charge in [-0.2, -0.15) is 0 Å². The van der Waals surface area contributed by atoms with Crippen molar-refractivity contribution in [2.45, 2.75) is 26.9 Å². The molecule has 1 amide bonds. The minimum atomic E-state index is -0.986. The summed E-state index contributed by atoms with van der Waals surface area (Å²) in [5, 5.41) is 2.62. The number of benzene rings is 1. The van der Waals surface area contributed by atoms with Crippen molar-refractivity contribution in [3.8, 4) is 0 Å². The van der Waals surface area contributed by atoms with E-state index in [0.717, 1.165) is 5.69 Å². The van der Waals surface area contributed by atoms with E-state index in [1.54, 1.807) is 43.3 Å². The number of ketones is 1. The number of amides is 1. The first kappa shape index (κ1) is 17.3. The van der Waals surface area contributed by atoms with Gasteiger partial charge in [0.2, 0.25) is 0 Å². The van der Waals surface area contributed by atoms with Crippen molar-refractivity contribution in [3.63, 3.8) is 0 Å². The molecule has 24 heavy (non-hydrogen) atoms. The lowest BCUT2D eigenvalue weighted by atomic mass is 10.1. The van der Waals surface area contributed by atoms with Crippen LogP contribution in [0.25, 0.3) is 0 Å². The maximum absolute atomic E-state index is 12.1. The minimum Gasteiger partial charge on any atom is -0.449 e. The Kier molecular flexibility index (Phi) is 5.42. The smallest absolute Gasteiger partial charge is 0.340 e. The first-order chi connectivity index (χ1) is 11.4. The Hall–Kier alpha value is -3.02. The predicted octanol–water partition coefficient (Wildman–Crippen LogP) is 2.78. The van der Waals surface area contributed by atoms with Crippen LogP contribution in [0.15, 0.2) is 42.6 Å². The van der Waals surface area contributed by atoms with Crippen LogP contribution in [0.5, 0.6) is 0 Å². The molecule has 124 valence electrons. The summed E-state index contributed by atoms with van der Waals surface area (Å²) in [7, 11) is 0. The van der Waals surface area contributed by atoms with Crippen LogP contribution in [0, 0.1) is 6.92 Å². The summed E-state index contributed by atoms with van der Waals surface area (Å²) < 4.78 is 5.13. The Morgan fingerprint density at radius 2 is 1.88 bits per heavy atom. The number of nitrogens with zero attached hydrogens (tertiary/aromatic N) is 1. The van der Waals surface area contributed by atoms with E-state index in [2.05, 4.69) is 10.3 Å². The van der Waals surface area contributed by atoms with Crippen LogP contribution in [-0.2, 0) is 9.53 Å². The van der Waals surface area contributed by atoms with Crippen molar-refractivity contribution in [2.75, 3.05) is 5.32 Å². The molecule has 0 fully saturated rings. The number of esters is 1. The molecule has 6 nitrogen and oxygen atoms in total. The summed E-state index contributed by atoms with van der Waals surface area (Å²) in [6.45, 7) is 4.73. The van der Waals surface area contributed by atoms with Gasteiger partial charge in [0.25, 0.3) is 5.91 Å². The van der Waals surface area contributed by atoms with Crippen LogP contribution in [0.3, 0.4) is 0 Å². The van der Waals surface area contributed by atoms with Crippen molar-refractivity contribution in [3.05, 3.63) is 59.4 Å². The largest absolute Gasteiger partial charge is 0.449 e. The third-order valence-electron chi connectivity index (χ3n) is 3.34. The van der Waals surface area contributed by atoms with Gasteiger partial charge in [0.05, 0.1) is 5.56 Å². The molecule has 2 aromatic rings. The molecule has 1 atom stereocenters. The molecule has 1 aromatic heterocycles. The molecule has 1 aromatic carbocycles. The summed E-state index contributed by atoms with van der Waals surface area (Å²) in [6.07, 6.45) is 0.415. The van der Waals surface area contributed by atoms with Crippen molar-refractivity contribution < 1.29 is 19.1 Å². The summed E-state index contributed by atoms with van der Waals surface area (Å²) in [5.74, 6) is -1.20. The van der Waals surface area contributed by atoms with Gasteiger partial charge in [0.1, 0.15) is 0 Å². The van der Waals surface area contributed by atoms with E-state index in [-0.39, 0.29) is 11.3 Å². The number of hydrogen-bond acceptors (Lipinski definition) is 5. The normalized spacial score (nSPS) is 11.5. The number of carbonyl (C=O) groups excluding carboxylic acids is 3. The average Bonchev–Trinajstić information content (AvgIpc) is 2.55. The van der Waals surface area contributed by atoms with Crippen LogP contribution in [-0.4, -0.2) is 28.7 Å². The Labute approximate surface area is 139 Å². The van der Waals surface area contributed by atoms with E-state index >= 15 is 0 Å². The van der Waals surface area contributed by atoms with E-state index in [1.807, 2.05) is 0 Å². The fourth-order valence-electron chi connectivity index (χ4n) is 1.93. The van der Waals surface area contributed by atoms with Gasteiger partial charge in [0, 0.05) is 23.1 Å². The van der Waals surface area contributed by atoms with Gasteiger partial charge in [-0.25, -0.2) is 4.79 Å². The van der Waals surface area contributed by atoms with Gasteiger partial charge < -0.3 is 10.1 Å². The highest BCUT2D eigenvalue weighted by Gasteiger charge is 2.19. The lowest BCUT2D eigenvalue weighted by Gasteiger charge is -2.14. The van der Waals surface area contributed by atoms with Gasteiger partial charge in [0.15, 0.2) is 11.9 Å². The number of nitrogens with one attached hydrogen (secondary N) is 1. The second-order valence-electron chi connectivity index (χ2n) is 5.36. The number of aromatic nitrogens is 1. The Morgan fingerprint density at radius 1 is 1.12 bits per heavy atom. The molecule has 0 spiro atoms. The number of anilines is 1. The topological polar surface area (TPSA) is 85.4 Å². The average molecular weight is 326 g/mol. The van der Waals surface area contributed by atoms with E-state index in [4.69, 9.17) is 4.74 Å². The SMILES string of the molecule is CC(=O)c1cccc(NC(=O)C(C)OC(=O)c2ccc(C)nc2)c1. The van der Waals surface area contributed by atoms with Gasteiger partial charge in [-0.15, -0.1) is 0 Å². The van der Waals surface area contributed by atoms with Crippen LogP contribution in [0.4, 0.5) is 5.69 Å². The van der Waals surface area contributed by atoms with E-state index in [0.29, 0.717) is 11.3 Å². The lowest BCUT2D eigenvalue weighted by molar-refractivity contribution is -0.123. The van der Waals surface area contributed by atoms with Crippen LogP contribution in [0.2, 0.25) is 0 Å². The molecule has 0 radical (unpaired) electrons. The molecule has 0 aliphatic heterocycles. The summed E-state index contributed by atoms with van der Waals surface area (Å²) >= 11 is 0. The third kappa shape index (κ3) is 4.49. The van der Waals surface area contributed by atoms with Gasteiger partial charge in [-0.05, 0) is 45.0 Å². The van der Waals surface area contributed by atoms with Crippen LogP contribution >= 0.6 is 0 Å². The van der Waals surface area contributed by atoms with Crippen LogP contribution < -0.4 is 5.32 Å². The number of carbonyl (C=O) groups is 3. The van der Waals surface area contributed by atoms with E-state index in [1.165, 1.54) is 20.0 Å². The van der Waals surface area contributed by atoms with Crippen molar-refractivity contribution in [1.82, 2.24) is 4.98 Å². The fourth-order valence-corrected chi connectivity index (χ4v) is 1.93. The summed E-state index contributed by atoms with van der Waals surface area (Å²) in [4.78, 5) is 39.5. The van der Waals surface area contributed by atoms with Crippen molar-refractivity contribution in [2.24, 2.45) is 0 Å². The van der Waals surface area contributed by atoms with E-state index in [9.17, 15) is 14.4 Å². The molecule has 1 N–H and O–H groups in total. The molecule has 1 heterocycles. The third-order valence-corrected chi connectivity index (χ3v) is 3.34. The zero-order valence-corrected chi connectivity index (χ0v) is 13.7. The molecular weight excluding hydrogens is 308 g/mol. The van der Waals surface area contributed by atoms with Crippen LogP contribution in [0.1, 0.15) is 40.3 Å². The van der Waals surface area contributed by atoms with Crippen molar-refractivity contribution >= 4 is 23.3 Å². The summed E-state index contributed by atoms with van der Waals surface area (Å²) in [5.41, 5.74) is 2.01. The number of aryl methyl sites for hydroxylation is 1. The van der Waals surface area contributed by atoms with Gasteiger partial charge >= 0.3 is 5.97 Å². The number of pyridine rings is 1. The molecule has 0 bridgehead atoms. The zero-order chi connectivity index (χ0) is 17.7. The van der Waals surface area contributed by atoms with E-state index < -0.39 is 18.0 Å². The first-order valence-electron chi connectivity index (χ1n) is 7.42. The number of rotatable bonds is 5. The second-order valence-corrected chi connectivity index (χ2v) is 5.36. The molecule has 0 aliphatic carbocycles. The molecule has 1 unspecified atom stereocenters. The monoisotopic (exact) mass is 326 g/mol. The molecule has 0 saturated heterocycles. The zero-order valence-electron chi connectivity index (χ0n) is 13.7. The molecule has 0 aliphatic rings. The minimum absolute atomic E-state index is 0.0996. The Morgan fingerprint density at radius 3 is 2.50 bits per heavy atom.